The van der Waals surface area contributed by atoms with E-state index < -0.39 is 12.7 Å². The lowest BCUT2D eigenvalue weighted by Gasteiger charge is -2.14. The Morgan fingerprint density at radius 1 is 1.30 bits per heavy atom. The second-order valence-electron chi connectivity index (χ2n) is 4.08. The van der Waals surface area contributed by atoms with Crippen molar-refractivity contribution in [3.8, 4) is 11.5 Å². The van der Waals surface area contributed by atoms with Crippen molar-refractivity contribution in [2.45, 2.75) is 19.6 Å². The van der Waals surface area contributed by atoms with Gasteiger partial charge in [0.2, 0.25) is 0 Å². The van der Waals surface area contributed by atoms with Crippen molar-refractivity contribution in [2.24, 2.45) is 5.73 Å². The van der Waals surface area contributed by atoms with E-state index in [-0.39, 0.29) is 11.5 Å². The molecule has 0 radical (unpaired) electrons. The van der Waals surface area contributed by atoms with Gasteiger partial charge in [-0.1, -0.05) is 6.07 Å². The number of hydrogen-bond acceptors (Lipinski definition) is 5. The number of methoxy groups -OCH3 is 1. The molecular weight excluding hydrogens is 286 g/mol. The van der Waals surface area contributed by atoms with Gasteiger partial charge in [0.25, 0.3) is 0 Å². The highest BCUT2D eigenvalue weighted by molar-refractivity contribution is 7.11. The molecule has 2 aromatic rings. The minimum absolute atomic E-state index is 0.0382. The second-order valence-corrected chi connectivity index (χ2v) is 5.34. The molecule has 1 atom stereocenters. The third kappa shape index (κ3) is 3.23. The quantitative estimate of drug-likeness (QED) is 0.922. The maximum atomic E-state index is 12.4. The summed E-state index contributed by atoms with van der Waals surface area (Å²) in [5, 5.41) is 0.718. The fourth-order valence-electron chi connectivity index (χ4n) is 1.73. The summed E-state index contributed by atoms with van der Waals surface area (Å²) in [4.78, 5) is 5.23. The van der Waals surface area contributed by atoms with E-state index in [2.05, 4.69) is 9.72 Å². The predicted molar refractivity (Wildman–Crippen MR) is 72.5 cm³/mol. The van der Waals surface area contributed by atoms with Crippen LogP contribution in [0.5, 0.6) is 11.5 Å². The highest BCUT2D eigenvalue weighted by Crippen LogP contribution is 2.33. The van der Waals surface area contributed by atoms with Crippen molar-refractivity contribution >= 4 is 11.3 Å². The fourth-order valence-corrected chi connectivity index (χ4v) is 2.54. The molecule has 1 unspecified atom stereocenters. The number of aromatic nitrogens is 1. The van der Waals surface area contributed by atoms with Crippen molar-refractivity contribution < 1.29 is 18.3 Å². The number of benzene rings is 1. The Bertz CT molecular complexity index is 590. The molecule has 0 amide bonds. The summed E-state index contributed by atoms with van der Waals surface area (Å²) in [6.45, 7) is -0.995. The summed E-state index contributed by atoms with van der Waals surface area (Å²) < 4.78 is 34.2. The van der Waals surface area contributed by atoms with Gasteiger partial charge in [0, 0.05) is 11.1 Å². The molecule has 0 fully saturated rings. The van der Waals surface area contributed by atoms with Gasteiger partial charge in [0.15, 0.2) is 11.5 Å². The van der Waals surface area contributed by atoms with Crippen LogP contribution >= 0.6 is 11.3 Å². The van der Waals surface area contributed by atoms with Crippen molar-refractivity contribution in [1.29, 1.82) is 0 Å². The SMILES string of the molecule is COc1ccc(C(N)c2ncc(C)s2)cc1OC(F)F. The molecule has 0 spiro atoms. The summed E-state index contributed by atoms with van der Waals surface area (Å²) in [6, 6.07) is 4.22. The van der Waals surface area contributed by atoms with Crippen molar-refractivity contribution in [3.05, 3.63) is 39.8 Å². The smallest absolute Gasteiger partial charge is 0.387 e. The van der Waals surface area contributed by atoms with Gasteiger partial charge in [0.05, 0.1) is 13.2 Å². The molecular formula is C13H14F2N2O2S. The zero-order chi connectivity index (χ0) is 14.7. The van der Waals surface area contributed by atoms with Crippen LogP contribution in [0, 0.1) is 6.92 Å². The molecule has 7 heteroatoms. The number of alkyl halides is 2. The summed E-state index contributed by atoms with van der Waals surface area (Å²) in [7, 11) is 1.39. The molecule has 0 bridgehead atoms. The van der Waals surface area contributed by atoms with Crippen LogP contribution in [-0.2, 0) is 0 Å². The summed E-state index contributed by atoms with van der Waals surface area (Å²) in [6.07, 6.45) is 1.72. The van der Waals surface area contributed by atoms with Gasteiger partial charge in [-0.2, -0.15) is 8.78 Å². The summed E-state index contributed by atoms with van der Waals surface area (Å²) in [5.41, 5.74) is 6.72. The van der Waals surface area contributed by atoms with Gasteiger partial charge in [-0.3, -0.25) is 0 Å². The second kappa shape index (κ2) is 6.15. The van der Waals surface area contributed by atoms with E-state index in [0.29, 0.717) is 5.56 Å². The van der Waals surface area contributed by atoms with E-state index in [9.17, 15) is 8.78 Å². The number of hydrogen-bond donors (Lipinski definition) is 1. The third-order valence-corrected chi connectivity index (χ3v) is 3.66. The molecule has 2 rings (SSSR count). The average Bonchev–Trinajstić information content (AvgIpc) is 2.84. The molecule has 1 heterocycles. The average molecular weight is 300 g/mol. The van der Waals surface area contributed by atoms with Crippen molar-refractivity contribution in [3.63, 3.8) is 0 Å². The molecule has 0 saturated heterocycles. The molecule has 0 aliphatic carbocycles. The van der Waals surface area contributed by atoms with Crippen LogP contribution in [-0.4, -0.2) is 18.7 Å². The minimum atomic E-state index is -2.92. The van der Waals surface area contributed by atoms with Crippen LogP contribution in [0.3, 0.4) is 0 Å². The first-order valence-corrected chi connectivity index (χ1v) is 6.63. The van der Waals surface area contributed by atoms with Gasteiger partial charge >= 0.3 is 6.61 Å². The van der Waals surface area contributed by atoms with Crippen LogP contribution in [0.15, 0.2) is 24.4 Å². The first-order chi connectivity index (χ1) is 9.51. The first kappa shape index (κ1) is 14.7. The normalized spacial score (nSPS) is 12.5. The number of halogens is 2. The van der Waals surface area contributed by atoms with Crippen molar-refractivity contribution in [1.82, 2.24) is 4.98 Å². The number of ether oxygens (including phenoxy) is 2. The Balaban J connectivity index is 2.32. The van der Waals surface area contributed by atoms with Gasteiger partial charge in [-0.25, -0.2) is 4.98 Å². The van der Waals surface area contributed by atoms with Crippen LogP contribution in [0.4, 0.5) is 8.78 Å². The molecule has 0 aliphatic rings. The standard InChI is InChI=1S/C13H14F2N2O2S/c1-7-6-17-12(20-7)11(16)8-3-4-9(18-2)10(5-8)19-13(14)15/h3-6,11,13H,16H2,1-2H3. The lowest BCUT2D eigenvalue weighted by atomic mass is 10.1. The van der Waals surface area contributed by atoms with E-state index in [1.165, 1.54) is 24.5 Å². The van der Waals surface area contributed by atoms with Crippen LogP contribution in [0.25, 0.3) is 0 Å². The Kier molecular flexibility index (Phi) is 4.51. The maximum Gasteiger partial charge on any atom is 0.387 e. The number of nitrogens with zero attached hydrogens (tertiary/aromatic N) is 1. The summed E-state index contributed by atoms with van der Waals surface area (Å²) >= 11 is 1.46. The lowest BCUT2D eigenvalue weighted by Crippen LogP contribution is -2.12. The van der Waals surface area contributed by atoms with Crippen LogP contribution < -0.4 is 15.2 Å². The van der Waals surface area contributed by atoms with Gasteiger partial charge in [-0.05, 0) is 24.6 Å². The Hall–Kier alpha value is -1.73. The number of thiazole rings is 1. The monoisotopic (exact) mass is 300 g/mol. The zero-order valence-electron chi connectivity index (χ0n) is 11.0. The highest BCUT2D eigenvalue weighted by atomic mass is 32.1. The zero-order valence-corrected chi connectivity index (χ0v) is 11.8. The topological polar surface area (TPSA) is 57.4 Å². The molecule has 0 saturated carbocycles. The maximum absolute atomic E-state index is 12.4. The summed E-state index contributed by atoms with van der Waals surface area (Å²) in [5.74, 6) is 0.195. The predicted octanol–water partition coefficient (Wildman–Crippen LogP) is 3.11. The van der Waals surface area contributed by atoms with Gasteiger partial charge in [0.1, 0.15) is 5.01 Å². The Morgan fingerprint density at radius 3 is 2.60 bits per heavy atom. The number of nitrogens with two attached hydrogens (primary N) is 1. The van der Waals surface area contributed by atoms with E-state index in [1.807, 2.05) is 6.92 Å². The number of rotatable bonds is 5. The lowest BCUT2D eigenvalue weighted by molar-refractivity contribution is -0.0512. The molecule has 20 heavy (non-hydrogen) atoms. The van der Waals surface area contributed by atoms with E-state index in [1.54, 1.807) is 18.3 Å². The fraction of sp³-hybridized carbons (Fsp3) is 0.308. The largest absolute Gasteiger partial charge is 0.493 e. The first-order valence-electron chi connectivity index (χ1n) is 5.82. The highest BCUT2D eigenvalue weighted by Gasteiger charge is 2.17. The van der Waals surface area contributed by atoms with E-state index in [0.717, 1.165) is 9.88 Å². The van der Waals surface area contributed by atoms with E-state index in [4.69, 9.17) is 10.5 Å². The molecule has 108 valence electrons. The van der Waals surface area contributed by atoms with Crippen molar-refractivity contribution in [2.75, 3.05) is 7.11 Å². The minimum Gasteiger partial charge on any atom is -0.493 e. The third-order valence-electron chi connectivity index (χ3n) is 2.67. The Labute approximate surface area is 119 Å². The van der Waals surface area contributed by atoms with E-state index >= 15 is 0 Å². The van der Waals surface area contributed by atoms with Crippen LogP contribution in [0.2, 0.25) is 0 Å². The molecule has 4 nitrogen and oxygen atoms in total. The Morgan fingerprint density at radius 2 is 2.05 bits per heavy atom. The van der Waals surface area contributed by atoms with Gasteiger partial charge in [-0.15, -0.1) is 11.3 Å². The van der Waals surface area contributed by atoms with Crippen LogP contribution in [0.1, 0.15) is 21.5 Å². The molecule has 1 aromatic carbocycles. The molecule has 1 aromatic heterocycles. The number of aryl methyl sites for hydroxylation is 1. The molecule has 2 N–H and O–H groups in total. The van der Waals surface area contributed by atoms with Gasteiger partial charge < -0.3 is 15.2 Å². The molecule has 0 aliphatic heterocycles.